The van der Waals surface area contributed by atoms with Gasteiger partial charge in [0.15, 0.2) is 0 Å². The summed E-state index contributed by atoms with van der Waals surface area (Å²) in [6.45, 7) is 6.26. The fraction of sp³-hybridized carbons (Fsp3) is 0.325. The number of carbonyl (C=O) groups is 3. The number of hydrogen-bond donors (Lipinski definition) is 1. The van der Waals surface area contributed by atoms with Gasteiger partial charge in [0.25, 0.3) is 0 Å². The molecule has 1 fully saturated rings. The Kier molecular flexibility index (Phi) is 18.2. The summed E-state index contributed by atoms with van der Waals surface area (Å²) >= 11 is 0. The molecule has 4 aromatic carbocycles. The van der Waals surface area contributed by atoms with Crippen LogP contribution in [-0.4, -0.2) is 98.1 Å². The molecule has 1 saturated heterocycles. The molecule has 52 heavy (non-hydrogen) atoms. The van der Waals surface area contributed by atoms with Crippen LogP contribution in [0.2, 0.25) is 0 Å². The van der Waals surface area contributed by atoms with Crippen LogP contribution in [0.3, 0.4) is 0 Å². The maximum atomic E-state index is 11.4. The fourth-order valence-electron chi connectivity index (χ4n) is 6.39. The quantitative estimate of drug-likeness (QED) is 0.156. The Balaban J connectivity index is 0.00000139. The zero-order valence-electron chi connectivity index (χ0n) is 29.5. The Morgan fingerprint density at radius 3 is 1.27 bits per heavy atom. The van der Waals surface area contributed by atoms with E-state index in [2.05, 4.69) is 125 Å². The third-order valence-electron chi connectivity index (χ3n) is 8.82. The molecule has 1 heterocycles. The SMILES string of the molecule is CC(=O)[O-].O=C([O-])CN1CCNCCN(CC(=O)[O-])CCN(Cc2ccc(C[P+](c3ccccc3)(c3ccccc3)c3ccccc3)cc2)CC1.[64Cu+2]. The van der Waals surface area contributed by atoms with Crippen molar-refractivity contribution in [1.82, 2.24) is 20.0 Å². The van der Waals surface area contributed by atoms with Crippen LogP contribution in [0.4, 0.5) is 0 Å². The minimum Gasteiger partial charge on any atom is -0.550 e. The van der Waals surface area contributed by atoms with E-state index in [0.717, 1.165) is 18.6 Å². The molecule has 1 aliphatic heterocycles. The summed E-state index contributed by atoms with van der Waals surface area (Å²) in [5.41, 5.74) is 2.42. The van der Waals surface area contributed by atoms with Gasteiger partial charge in [-0.3, -0.25) is 14.7 Å². The maximum absolute atomic E-state index is 11.4. The largest absolute Gasteiger partial charge is 2.00 e. The van der Waals surface area contributed by atoms with Crippen molar-refractivity contribution in [2.45, 2.75) is 19.6 Å². The van der Waals surface area contributed by atoms with Crippen molar-refractivity contribution in [3.05, 3.63) is 126 Å². The Bertz CT molecular complexity index is 1520. The molecule has 5 rings (SSSR count). The van der Waals surface area contributed by atoms with Gasteiger partial charge in [-0.15, -0.1) is 0 Å². The second-order valence-corrected chi connectivity index (χ2v) is 16.1. The second-order valence-electron chi connectivity index (χ2n) is 12.6. The van der Waals surface area contributed by atoms with Gasteiger partial charge in [-0.2, -0.15) is 0 Å². The number of nitrogens with one attached hydrogen (secondary N) is 1. The zero-order valence-corrected chi connectivity index (χ0v) is 31.3. The van der Waals surface area contributed by atoms with Crippen molar-refractivity contribution in [3.63, 3.8) is 0 Å². The molecule has 10 nitrogen and oxygen atoms in total. The van der Waals surface area contributed by atoms with Crippen molar-refractivity contribution < 1.29 is 46.8 Å². The summed E-state index contributed by atoms with van der Waals surface area (Å²) < 4.78 is 0. The molecule has 0 aliphatic carbocycles. The molecule has 0 unspecified atom stereocenters. The maximum Gasteiger partial charge on any atom is 2.00 e. The first-order chi connectivity index (χ1) is 24.7. The van der Waals surface area contributed by atoms with Crippen LogP contribution < -0.4 is 36.5 Å². The van der Waals surface area contributed by atoms with E-state index in [-0.39, 0.29) is 30.2 Å². The van der Waals surface area contributed by atoms with E-state index in [1.165, 1.54) is 21.5 Å². The molecule has 0 bridgehead atoms. The normalized spacial score (nSPS) is 15.1. The molecule has 1 aliphatic rings. The van der Waals surface area contributed by atoms with Gasteiger partial charge in [0.1, 0.15) is 23.2 Å². The Hall–Kier alpha value is -3.92. The van der Waals surface area contributed by atoms with Gasteiger partial charge in [0.2, 0.25) is 0 Å². The number of carbonyl (C=O) groups excluding carboxylic acids is 3. The Morgan fingerprint density at radius 2 is 0.904 bits per heavy atom. The van der Waals surface area contributed by atoms with Crippen molar-refractivity contribution >= 4 is 41.1 Å². The molecule has 4 aromatic rings. The van der Waals surface area contributed by atoms with E-state index in [0.29, 0.717) is 58.9 Å². The Morgan fingerprint density at radius 1 is 0.558 bits per heavy atom. The van der Waals surface area contributed by atoms with Crippen LogP contribution in [0.5, 0.6) is 0 Å². The molecule has 12 heteroatoms. The van der Waals surface area contributed by atoms with Crippen LogP contribution in [0.25, 0.3) is 0 Å². The summed E-state index contributed by atoms with van der Waals surface area (Å²) in [7, 11) is -2.02. The number of hydrogen-bond acceptors (Lipinski definition) is 10. The van der Waals surface area contributed by atoms with Crippen LogP contribution in [-0.2, 0) is 44.2 Å². The van der Waals surface area contributed by atoms with Crippen molar-refractivity contribution in [2.75, 3.05) is 65.4 Å². The van der Waals surface area contributed by atoms with E-state index < -0.39 is 25.2 Å². The minimum absolute atomic E-state index is 0. The average Bonchev–Trinajstić information content (AvgIpc) is 3.11. The van der Waals surface area contributed by atoms with Gasteiger partial charge in [0.05, 0.1) is 18.1 Å². The van der Waals surface area contributed by atoms with E-state index in [9.17, 15) is 19.8 Å². The van der Waals surface area contributed by atoms with Gasteiger partial charge in [-0.05, 0) is 54.4 Å². The molecular weight excluding hydrogens is 727 g/mol. The predicted molar refractivity (Wildman–Crippen MR) is 197 cm³/mol. The van der Waals surface area contributed by atoms with Gasteiger partial charge in [-0.25, -0.2) is 0 Å². The first-order valence-electron chi connectivity index (χ1n) is 17.2. The smallest absolute Gasteiger partial charge is 0.550 e. The Labute approximate surface area is 318 Å². The number of carboxylic acids is 3. The van der Waals surface area contributed by atoms with Crippen LogP contribution in [0.15, 0.2) is 115 Å². The summed E-state index contributed by atoms with van der Waals surface area (Å²) in [5, 5.41) is 39.0. The average molecular weight is 775 g/mol. The first-order valence-corrected chi connectivity index (χ1v) is 19.2. The second kappa shape index (κ2) is 22.2. The molecule has 0 amide bonds. The van der Waals surface area contributed by atoms with Gasteiger partial charge in [0, 0.05) is 78.0 Å². The molecule has 0 spiro atoms. The predicted octanol–water partition coefficient (Wildman–Crippen LogP) is -0.557. The number of benzene rings is 4. The molecule has 0 saturated carbocycles. The van der Waals surface area contributed by atoms with Gasteiger partial charge >= 0.3 is 17.1 Å². The van der Waals surface area contributed by atoms with E-state index in [4.69, 9.17) is 9.90 Å². The minimum atomic E-state index is -2.02. The van der Waals surface area contributed by atoms with E-state index in [1.807, 2.05) is 9.80 Å². The van der Waals surface area contributed by atoms with Crippen LogP contribution >= 0.6 is 7.26 Å². The number of carboxylic acid groups (broad SMARTS) is 3. The van der Waals surface area contributed by atoms with E-state index >= 15 is 0 Å². The molecule has 0 aromatic heterocycles. The standard InChI is InChI=1S/C38H45N4O4P.C2H4O2.Cu/c43-37(44)29-40-22-20-39-21-23-41(30-38(45)46)25-27-42(26-24-40)28-32-16-18-33(19-17-32)31-47(34-10-4-1-5-11-34,35-12-6-2-7-13-35)36-14-8-3-9-15-36;1-2(3)4;/h1-19,39H,20-31H2,(H-,43,44,45,46);1H3,(H,3,4);/q;;+2/p-2/i;;1+0. The third kappa shape index (κ3) is 13.6. The molecule has 279 valence electrons. The summed E-state index contributed by atoms with van der Waals surface area (Å²) in [6, 6.07) is 41.5. The summed E-state index contributed by atoms with van der Waals surface area (Å²) in [6.07, 6.45) is 0.888. The summed E-state index contributed by atoms with van der Waals surface area (Å²) in [4.78, 5) is 37.8. The zero-order chi connectivity index (χ0) is 36.5. The number of aliphatic carboxylic acids is 3. The van der Waals surface area contributed by atoms with Crippen molar-refractivity contribution in [1.29, 1.82) is 0 Å². The van der Waals surface area contributed by atoms with Crippen molar-refractivity contribution in [3.8, 4) is 0 Å². The van der Waals surface area contributed by atoms with Gasteiger partial charge in [-0.1, -0.05) is 78.9 Å². The fourth-order valence-corrected chi connectivity index (χ4v) is 10.6. The molecular formula is C40H47CuN4O6P. The summed E-state index contributed by atoms with van der Waals surface area (Å²) in [5.74, 6) is -3.25. The van der Waals surface area contributed by atoms with Crippen molar-refractivity contribution in [2.24, 2.45) is 0 Å². The van der Waals surface area contributed by atoms with Crippen LogP contribution in [0, 0.1) is 0 Å². The molecule has 1 radical (unpaired) electrons. The number of nitrogens with zero attached hydrogens (tertiary/aromatic N) is 3. The number of rotatable bonds is 11. The third-order valence-corrected chi connectivity index (χ3v) is 13.2. The molecule has 0 atom stereocenters. The first kappa shape index (κ1) is 42.5. The monoisotopic (exact) mass is 774 g/mol. The van der Waals surface area contributed by atoms with Gasteiger partial charge < -0.3 is 35.0 Å². The van der Waals surface area contributed by atoms with E-state index in [1.54, 1.807) is 0 Å². The molecule has 1 N–H and O–H groups in total. The topological polar surface area (TPSA) is 142 Å². The van der Waals surface area contributed by atoms with Crippen LogP contribution in [0.1, 0.15) is 18.1 Å².